The molecule has 0 aromatic heterocycles. The molecule has 0 saturated carbocycles. The second-order valence-corrected chi connectivity index (χ2v) is 7.67. The number of imide groups is 1. The third kappa shape index (κ3) is 3.95. The van der Waals surface area contributed by atoms with E-state index in [1.54, 1.807) is 54.6 Å². The van der Waals surface area contributed by atoms with Crippen LogP contribution < -0.4 is 15.5 Å². The molecule has 4 rings (SSSR count). The van der Waals surface area contributed by atoms with E-state index in [4.69, 9.17) is 12.2 Å². The van der Waals surface area contributed by atoms with E-state index < -0.39 is 0 Å². The molecule has 6 nitrogen and oxygen atoms in total. The summed E-state index contributed by atoms with van der Waals surface area (Å²) >= 11 is 5.24. The average Bonchev–Trinajstić information content (AvgIpc) is 2.99. The lowest BCUT2D eigenvalue weighted by Gasteiger charge is -2.15. The molecule has 0 spiro atoms. The lowest BCUT2D eigenvalue weighted by Crippen LogP contribution is -2.34. The smallest absolute Gasteiger partial charge is 0.266 e. The number of thiocarbonyl (C=S) groups is 1. The van der Waals surface area contributed by atoms with E-state index in [1.807, 2.05) is 26.0 Å². The van der Waals surface area contributed by atoms with Crippen molar-refractivity contribution in [1.29, 1.82) is 0 Å². The minimum Gasteiger partial charge on any atom is -0.332 e. The first kappa shape index (κ1) is 20.4. The highest BCUT2D eigenvalue weighted by molar-refractivity contribution is 7.80. The highest BCUT2D eigenvalue weighted by Crippen LogP contribution is 2.29. The number of carbonyl (C=O) groups excluding carboxylic acids is 3. The number of hydrogen-bond acceptors (Lipinski definition) is 4. The van der Waals surface area contributed by atoms with E-state index in [2.05, 4.69) is 10.6 Å². The first-order chi connectivity index (χ1) is 14.8. The van der Waals surface area contributed by atoms with Crippen LogP contribution in [0.25, 0.3) is 0 Å². The van der Waals surface area contributed by atoms with E-state index >= 15 is 0 Å². The Hall–Kier alpha value is -3.84. The van der Waals surface area contributed by atoms with Gasteiger partial charge in [0.1, 0.15) is 0 Å². The first-order valence-corrected chi connectivity index (χ1v) is 10.0. The molecule has 0 bridgehead atoms. The maximum absolute atomic E-state index is 12.6. The molecule has 7 heteroatoms. The maximum Gasteiger partial charge on any atom is 0.266 e. The molecule has 0 unspecified atom stereocenters. The van der Waals surface area contributed by atoms with E-state index in [0.717, 1.165) is 16.0 Å². The highest BCUT2D eigenvalue weighted by Gasteiger charge is 2.36. The summed E-state index contributed by atoms with van der Waals surface area (Å²) in [6.45, 7) is 3.84. The van der Waals surface area contributed by atoms with Gasteiger partial charge in [-0.25, -0.2) is 4.90 Å². The molecule has 0 saturated heterocycles. The van der Waals surface area contributed by atoms with Gasteiger partial charge in [-0.2, -0.15) is 0 Å². The van der Waals surface area contributed by atoms with Crippen LogP contribution in [0.3, 0.4) is 0 Å². The van der Waals surface area contributed by atoms with Crippen LogP contribution in [0.5, 0.6) is 0 Å². The van der Waals surface area contributed by atoms with Crippen molar-refractivity contribution in [2.45, 2.75) is 13.8 Å². The van der Waals surface area contributed by atoms with E-state index in [1.165, 1.54) is 0 Å². The van der Waals surface area contributed by atoms with Crippen molar-refractivity contribution < 1.29 is 14.4 Å². The molecular formula is C24H19N3O3S. The number of benzene rings is 3. The number of nitrogens with zero attached hydrogens (tertiary/aromatic N) is 1. The molecule has 1 heterocycles. The van der Waals surface area contributed by atoms with Gasteiger partial charge in [0.25, 0.3) is 17.7 Å². The van der Waals surface area contributed by atoms with Gasteiger partial charge in [0.05, 0.1) is 16.8 Å². The van der Waals surface area contributed by atoms with Gasteiger partial charge in [-0.05, 0) is 74.1 Å². The molecule has 2 N–H and O–H groups in total. The summed E-state index contributed by atoms with van der Waals surface area (Å²) in [5.74, 6) is -0.993. The zero-order chi connectivity index (χ0) is 22.1. The van der Waals surface area contributed by atoms with Crippen molar-refractivity contribution in [3.63, 3.8) is 0 Å². The summed E-state index contributed by atoms with van der Waals surface area (Å²) < 4.78 is 0. The van der Waals surface area contributed by atoms with Gasteiger partial charge in [0, 0.05) is 11.3 Å². The maximum atomic E-state index is 12.6. The Bertz CT molecular complexity index is 1200. The van der Waals surface area contributed by atoms with Crippen molar-refractivity contribution in [1.82, 2.24) is 5.32 Å². The Morgan fingerprint density at radius 3 is 2.06 bits per heavy atom. The van der Waals surface area contributed by atoms with Crippen LogP contribution in [0.15, 0.2) is 66.7 Å². The fourth-order valence-corrected chi connectivity index (χ4v) is 3.73. The number of carbonyl (C=O) groups is 3. The summed E-state index contributed by atoms with van der Waals surface area (Å²) in [6, 6.07) is 19.0. The molecule has 1 aliphatic rings. The molecule has 0 aliphatic carbocycles. The number of nitrogens with one attached hydrogen (secondary N) is 2. The topological polar surface area (TPSA) is 78.5 Å². The molecule has 3 amide bonds. The fourth-order valence-electron chi connectivity index (χ4n) is 3.52. The number of anilines is 2. The normalized spacial score (nSPS) is 12.5. The predicted molar refractivity (Wildman–Crippen MR) is 124 cm³/mol. The largest absolute Gasteiger partial charge is 0.332 e. The molecule has 3 aromatic carbocycles. The van der Waals surface area contributed by atoms with Crippen LogP contribution >= 0.6 is 12.2 Å². The van der Waals surface area contributed by atoms with Crippen LogP contribution in [0.4, 0.5) is 11.4 Å². The summed E-state index contributed by atoms with van der Waals surface area (Å²) in [6.07, 6.45) is 0. The Balaban J connectivity index is 1.43. The van der Waals surface area contributed by atoms with Crippen LogP contribution in [-0.2, 0) is 0 Å². The van der Waals surface area contributed by atoms with Crippen LogP contribution in [0.2, 0.25) is 0 Å². The van der Waals surface area contributed by atoms with Gasteiger partial charge in [-0.15, -0.1) is 0 Å². The minimum atomic E-state index is -0.349. The lowest BCUT2D eigenvalue weighted by molar-refractivity contribution is 0.0923. The van der Waals surface area contributed by atoms with Crippen molar-refractivity contribution in [2.75, 3.05) is 10.2 Å². The van der Waals surface area contributed by atoms with E-state index in [9.17, 15) is 14.4 Å². The number of hydrogen-bond donors (Lipinski definition) is 2. The van der Waals surface area contributed by atoms with Crippen LogP contribution in [-0.4, -0.2) is 22.8 Å². The monoisotopic (exact) mass is 429 g/mol. The van der Waals surface area contributed by atoms with Crippen LogP contribution in [0.1, 0.15) is 42.2 Å². The minimum absolute atomic E-state index is 0.151. The molecule has 3 aromatic rings. The quantitative estimate of drug-likeness (QED) is 0.481. The van der Waals surface area contributed by atoms with Gasteiger partial charge >= 0.3 is 0 Å². The fraction of sp³-hybridized carbons (Fsp3) is 0.0833. The van der Waals surface area contributed by atoms with Gasteiger partial charge in [-0.1, -0.05) is 29.8 Å². The summed E-state index contributed by atoms with van der Waals surface area (Å²) in [5, 5.41) is 5.76. The molecule has 31 heavy (non-hydrogen) atoms. The van der Waals surface area contributed by atoms with Crippen molar-refractivity contribution in [2.24, 2.45) is 0 Å². The van der Waals surface area contributed by atoms with Crippen molar-refractivity contribution in [3.05, 3.63) is 94.5 Å². The Labute approximate surface area is 184 Å². The first-order valence-electron chi connectivity index (χ1n) is 9.62. The standard InChI is InChI=1S/C24H19N3O3S/c1-14-7-12-18(15(2)13-14)21(28)26-24(31)25-16-8-10-17(11-9-16)27-22(29)19-5-3-4-6-20(19)23(27)30/h3-13H,1-2H3,(H2,25,26,28,31). The number of fused-ring (bicyclic) bond motifs is 1. The van der Waals surface area contributed by atoms with Crippen molar-refractivity contribution in [3.8, 4) is 0 Å². The second-order valence-electron chi connectivity index (χ2n) is 7.26. The van der Waals surface area contributed by atoms with Gasteiger partial charge in [0.15, 0.2) is 5.11 Å². The van der Waals surface area contributed by atoms with Gasteiger partial charge in [0.2, 0.25) is 0 Å². The summed E-state index contributed by atoms with van der Waals surface area (Å²) in [5.41, 5.74) is 4.36. The van der Waals surface area contributed by atoms with Crippen LogP contribution in [0, 0.1) is 13.8 Å². The highest BCUT2D eigenvalue weighted by atomic mass is 32.1. The third-order valence-electron chi connectivity index (χ3n) is 5.03. The number of aryl methyl sites for hydroxylation is 2. The van der Waals surface area contributed by atoms with Gasteiger partial charge < -0.3 is 5.32 Å². The SMILES string of the molecule is Cc1ccc(C(=O)NC(=S)Nc2ccc(N3C(=O)c4ccccc4C3=O)cc2)c(C)c1. The van der Waals surface area contributed by atoms with E-state index in [0.29, 0.717) is 28.1 Å². The molecule has 0 radical (unpaired) electrons. The molecule has 1 aliphatic heterocycles. The average molecular weight is 430 g/mol. The Morgan fingerprint density at radius 1 is 0.871 bits per heavy atom. The van der Waals surface area contributed by atoms with Gasteiger partial charge in [-0.3, -0.25) is 19.7 Å². The molecule has 0 atom stereocenters. The second kappa shape index (κ2) is 8.12. The van der Waals surface area contributed by atoms with E-state index in [-0.39, 0.29) is 22.8 Å². The van der Waals surface area contributed by atoms with Crippen molar-refractivity contribution >= 4 is 46.4 Å². The Morgan fingerprint density at radius 2 is 1.48 bits per heavy atom. The predicted octanol–water partition coefficient (Wildman–Crippen LogP) is 4.23. The molecular weight excluding hydrogens is 410 g/mol. The molecule has 0 fully saturated rings. The number of amides is 3. The third-order valence-corrected chi connectivity index (χ3v) is 5.24. The summed E-state index contributed by atoms with van der Waals surface area (Å²) in [7, 11) is 0. The summed E-state index contributed by atoms with van der Waals surface area (Å²) in [4.78, 5) is 38.8. The zero-order valence-electron chi connectivity index (χ0n) is 16.9. The zero-order valence-corrected chi connectivity index (χ0v) is 17.7. The molecule has 154 valence electrons. The number of rotatable bonds is 3. The lowest BCUT2D eigenvalue weighted by atomic mass is 10.1. The Kier molecular flexibility index (Phi) is 5.35.